The molecule has 192 valence electrons. The van der Waals surface area contributed by atoms with Gasteiger partial charge in [0.15, 0.2) is 5.69 Å². The highest BCUT2D eigenvalue weighted by molar-refractivity contribution is 6.07. The van der Waals surface area contributed by atoms with E-state index in [0.29, 0.717) is 18.9 Å². The molecule has 2 heterocycles. The number of fused-ring (bicyclic) bond motifs is 1. The van der Waals surface area contributed by atoms with Crippen LogP contribution < -0.4 is 15.4 Å². The van der Waals surface area contributed by atoms with Crippen molar-refractivity contribution < 1.29 is 19.1 Å². The van der Waals surface area contributed by atoms with E-state index in [1.54, 1.807) is 16.4 Å². The number of amides is 3. The molecule has 2 aliphatic rings. The van der Waals surface area contributed by atoms with Crippen molar-refractivity contribution in [2.24, 2.45) is 0 Å². The third-order valence-electron chi connectivity index (χ3n) is 6.89. The summed E-state index contributed by atoms with van der Waals surface area (Å²) in [7, 11) is 0. The summed E-state index contributed by atoms with van der Waals surface area (Å²) < 4.78 is 7.27. The van der Waals surface area contributed by atoms with Crippen LogP contribution in [0.4, 0.5) is 0 Å². The number of para-hydroxylation sites is 1. The van der Waals surface area contributed by atoms with Crippen LogP contribution in [0, 0.1) is 0 Å². The summed E-state index contributed by atoms with van der Waals surface area (Å²) in [6.07, 6.45) is 3.14. The van der Waals surface area contributed by atoms with Gasteiger partial charge in [-0.15, -0.1) is 0 Å². The molecule has 1 atom stereocenters. The van der Waals surface area contributed by atoms with Crippen LogP contribution in [0.15, 0.2) is 60.9 Å². The standard InChI is InChI=1S/C28H31N5O4/c1-3-37-22-12-8-7-11-20(22)16-29-25(34)23-24-26(35)33(21-13-14-21)28(2,17-32(24)18-31-23)27(36)30-15-19-9-5-4-6-10-19/h4-12,18,21H,3,13-17H2,1-2H3,(H,29,34)(H,30,36)/t28-/m0/s1. The molecule has 9 heteroatoms. The van der Waals surface area contributed by atoms with Crippen LogP contribution in [-0.4, -0.2) is 50.4 Å². The highest BCUT2D eigenvalue weighted by atomic mass is 16.5. The Morgan fingerprint density at radius 3 is 2.51 bits per heavy atom. The van der Waals surface area contributed by atoms with Gasteiger partial charge in [0.25, 0.3) is 11.8 Å². The third kappa shape index (κ3) is 4.81. The van der Waals surface area contributed by atoms with Crippen LogP contribution in [0.2, 0.25) is 0 Å². The first-order chi connectivity index (χ1) is 17.9. The number of ether oxygens (including phenoxy) is 1. The predicted molar refractivity (Wildman–Crippen MR) is 137 cm³/mol. The first-order valence-corrected chi connectivity index (χ1v) is 12.6. The minimum atomic E-state index is -1.09. The zero-order valence-corrected chi connectivity index (χ0v) is 21.1. The molecule has 3 aromatic rings. The molecular weight excluding hydrogens is 470 g/mol. The Hall–Kier alpha value is -4.14. The first-order valence-electron chi connectivity index (χ1n) is 12.6. The Morgan fingerprint density at radius 1 is 1.05 bits per heavy atom. The predicted octanol–water partition coefficient (Wildman–Crippen LogP) is 2.91. The molecule has 1 aliphatic heterocycles. The fourth-order valence-electron chi connectivity index (χ4n) is 4.90. The number of nitrogens with one attached hydrogen (secondary N) is 2. The topological polar surface area (TPSA) is 106 Å². The Bertz CT molecular complexity index is 1320. The lowest BCUT2D eigenvalue weighted by Gasteiger charge is -2.44. The molecule has 5 rings (SSSR count). The van der Waals surface area contributed by atoms with Crippen LogP contribution >= 0.6 is 0 Å². The van der Waals surface area contributed by atoms with Gasteiger partial charge in [-0.3, -0.25) is 14.4 Å². The normalized spacial score (nSPS) is 18.8. The maximum atomic E-state index is 13.8. The SMILES string of the molecule is CCOc1ccccc1CNC(=O)c1ncn2c1C(=O)N(C1CC1)[C@](C)(C(=O)NCc1ccccc1)C2. The molecule has 1 aromatic heterocycles. The minimum Gasteiger partial charge on any atom is -0.494 e. The highest BCUT2D eigenvalue weighted by Gasteiger charge is 2.53. The lowest BCUT2D eigenvalue weighted by molar-refractivity contribution is -0.133. The molecule has 0 saturated heterocycles. The number of rotatable bonds is 9. The fraction of sp³-hybridized carbons (Fsp3) is 0.357. The molecule has 0 radical (unpaired) electrons. The summed E-state index contributed by atoms with van der Waals surface area (Å²) in [6, 6.07) is 17.1. The number of imidazole rings is 1. The van der Waals surface area contributed by atoms with Crippen LogP contribution in [0.3, 0.4) is 0 Å². The molecule has 1 fully saturated rings. The number of hydrogen-bond acceptors (Lipinski definition) is 5. The molecular formula is C28H31N5O4. The Morgan fingerprint density at radius 2 is 1.78 bits per heavy atom. The van der Waals surface area contributed by atoms with Gasteiger partial charge in [-0.25, -0.2) is 4.98 Å². The quantitative estimate of drug-likeness (QED) is 0.469. The number of hydrogen-bond donors (Lipinski definition) is 2. The van der Waals surface area contributed by atoms with Crippen molar-refractivity contribution in [2.45, 2.75) is 57.9 Å². The second-order valence-electron chi connectivity index (χ2n) is 9.64. The number of aromatic nitrogens is 2. The molecule has 0 spiro atoms. The average Bonchev–Trinajstić information content (AvgIpc) is 3.64. The van der Waals surface area contributed by atoms with Gasteiger partial charge in [0.1, 0.15) is 17.0 Å². The largest absolute Gasteiger partial charge is 0.494 e. The second kappa shape index (κ2) is 10.1. The summed E-state index contributed by atoms with van der Waals surface area (Å²) in [5, 5.41) is 5.87. The Kier molecular flexibility index (Phi) is 6.69. The number of carbonyl (C=O) groups excluding carboxylic acids is 3. The van der Waals surface area contributed by atoms with E-state index in [2.05, 4.69) is 15.6 Å². The van der Waals surface area contributed by atoms with E-state index in [-0.39, 0.29) is 42.3 Å². The second-order valence-corrected chi connectivity index (χ2v) is 9.64. The lowest BCUT2D eigenvalue weighted by Crippen LogP contribution is -2.64. The summed E-state index contributed by atoms with van der Waals surface area (Å²) in [5.74, 6) is -0.315. The van der Waals surface area contributed by atoms with Crippen LogP contribution in [0.1, 0.15) is 58.8 Å². The van der Waals surface area contributed by atoms with Crippen molar-refractivity contribution in [1.82, 2.24) is 25.1 Å². The number of nitrogens with zero attached hydrogens (tertiary/aromatic N) is 3. The zero-order chi connectivity index (χ0) is 26.0. The molecule has 9 nitrogen and oxygen atoms in total. The van der Waals surface area contributed by atoms with Crippen molar-refractivity contribution in [2.75, 3.05) is 6.61 Å². The van der Waals surface area contributed by atoms with Crippen LogP contribution in [0.25, 0.3) is 0 Å². The van der Waals surface area contributed by atoms with E-state index < -0.39 is 11.4 Å². The van der Waals surface area contributed by atoms with E-state index in [4.69, 9.17) is 4.74 Å². The summed E-state index contributed by atoms with van der Waals surface area (Å²) >= 11 is 0. The average molecular weight is 502 g/mol. The number of carbonyl (C=O) groups is 3. The van der Waals surface area contributed by atoms with Gasteiger partial charge in [-0.05, 0) is 38.3 Å². The third-order valence-corrected chi connectivity index (χ3v) is 6.89. The minimum absolute atomic E-state index is 0.0300. The van der Waals surface area contributed by atoms with Crippen molar-refractivity contribution in [3.63, 3.8) is 0 Å². The van der Waals surface area contributed by atoms with E-state index in [1.165, 1.54) is 6.33 Å². The van der Waals surface area contributed by atoms with E-state index in [1.807, 2.05) is 61.5 Å². The van der Waals surface area contributed by atoms with Gasteiger partial charge in [0.2, 0.25) is 5.91 Å². The van der Waals surface area contributed by atoms with E-state index in [9.17, 15) is 14.4 Å². The first kappa shape index (κ1) is 24.5. The van der Waals surface area contributed by atoms with E-state index in [0.717, 1.165) is 24.0 Å². The highest BCUT2D eigenvalue weighted by Crippen LogP contribution is 2.39. The zero-order valence-electron chi connectivity index (χ0n) is 21.1. The molecule has 3 amide bonds. The van der Waals surface area contributed by atoms with Crippen molar-refractivity contribution in [3.05, 3.63) is 83.4 Å². The van der Waals surface area contributed by atoms with Gasteiger partial charge < -0.3 is 24.8 Å². The van der Waals surface area contributed by atoms with Crippen LogP contribution in [-0.2, 0) is 24.4 Å². The maximum Gasteiger partial charge on any atom is 0.274 e. The smallest absolute Gasteiger partial charge is 0.274 e. The van der Waals surface area contributed by atoms with Crippen molar-refractivity contribution >= 4 is 17.7 Å². The maximum absolute atomic E-state index is 13.8. The molecule has 37 heavy (non-hydrogen) atoms. The van der Waals surface area contributed by atoms with Crippen molar-refractivity contribution in [3.8, 4) is 5.75 Å². The van der Waals surface area contributed by atoms with Gasteiger partial charge in [0, 0.05) is 24.7 Å². The summed E-state index contributed by atoms with van der Waals surface area (Å²) in [6.45, 7) is 5.04. The Balaban J connectivity index is 1.35. The molecule has 2 aromatic carbocycles. The monoisotopic (exact) mass is 501 g/mol. The molecule has 1 aliphatic carbocycles. The molecule has 0 unspecified atom stereocenters. The summed E-state index contributed by atoms with van der Waals surface area (Å²) in [4.78, 5) is 46.3. The molecule has 0 bridgehead atoms. The van der Waals surface area contributed by atoms with E-state index >= 15 is 0 Å². The fourth-order valence-corrected chi connectivity index (χ4v) is 4.90. The van der Waals surface area contributed by atoms with Gasteiger partial charge in [0.05, 0.1) is 19.5 Å². The van der Waals surface area contributed by atoms with Gasteiger partial charge in [-0.1, -0.05) is 48.5 Å². The Labute approximate surface area is 215 Å². The number of benzene rings is 2. The molecule has 2 N–H and O–H groups in total. The lowest BCUT2D eigenvalue weighted by atomic mass is 9.93. The van der Waals surface area contributed by atoms with Gasteiger partial charge in [-0.2, -0.15) is 0 Å². The van der Waals surface area contributed by atoms with Crippen LogP contribution in [0.5, 0.6) is 5.75 Å². The van der Waals surface area contributed by atoms with Gasteiger partial charge >= 0.3 is 0 Å². The molecule has 1 saturated carbocycles. The summed E-state index contributed by atoms with van der Waals surface area (Å²) in [5.41, 5.74) is 1.00. The van der Waals surface area contributed by atoms with Crippen molar-refractivity contribution in [1.29, 1.82) is 0 Å².